The van der Waals surface area contributed by atoms with Gasteiger partial charge in [0, 0.05) is 0 Å². The maximum atomic E-state index is 12.7. The van der Waals surface area contributed by atoms with Crippen LogP contribution in [0.2, 0.25) is 0 Å². The van der Waals surface area contributed by atoms with Gasteiger partial charge in [0.2, 0.25) is 10.0 Å². The Labute approximate surface area is 152 Å². The predicted molar refractivity (Wildman–Crippen MR) is 96.9 cm³/mol. The molecule has 0 spiro atoms. The van der Waals surface area contributed by atoms with Gasteiger partial charge in [0.1, 0.15) is 17.1 Å². The Bertz CT molecular complexity index is 785. The standard InChI is InChI=1S/C17H21NO5S2/c1-4-22-17(19)16(24-3)15(14-6-5-11-23-14)18-25(20,21)13-9-7-12(2)8-10-13/h5-11,15-16,18H,4H2,1-3H3/t15-,16+/m1/s1. The molecule has 0 saturated carbocycles. The lowest BCUT2D eigenvalue weighted by atomic mass is 10.1. The Morgan fingerprint density at radius 2 is 1.96 bits per heavy atom. The molecule has 0 fully saturated rings. The molecule has 0 saturated heterocycles. The number of carbonyl (C=O) groups is 1. The second kappa shape index (κ2) is 8.55. The van der Waals surface area contributed by atoms with Gasteiger partial charge in [0.05, 0.1) is 17.8 Å². The average Bonchev–Trinajstić information content (AvgIpc) is 3.09. The molecule has 6 nitrogen and oxygen atoms in total. The Kier molecular flexibility index (Phi) is 6.69. The molecule has 2 rings (SSSR count). The van der Waals surface area contributed by atoms with Crippen LogP contribution in [-0.2, 0) is 19.6 Å². The smallest absolute Gasteiger partial charge is 0.321 e. The van der Waals surface area contributed by atoms with Crippen LogP contribution in [0.25, 0.3) is 0 Å². The minimum Gasteiger partial charge on any atom is -0.468 e. The molecule has 136 valence electrons. The van der Waals surface area contributed by atoms with E-state index in [9.17, 15) is 13.2 Å². The maximum absolute atomic E-state index is 12.7. The normalized spacial score (nSPS) is 14.0. The van der Waals surface area contributed by atoms with Gasteiger partial charge >= 0.3 is 5.97 Å². The Hall–Kier alpha value is -1.77. The van der Waals surface area contributed by atoms with Crippen molar-refractivity contribution in [1.29, 1.82) is 0 Å². The van der Waals surface area contributed by atoms with Gasteiger partial charge in [0.25, 0.3) is 0 Å². The number of esters is 1. The fourth-order valence-corrected chi connectivity index (χ4v) is 4.32. The lowest BCUT2D eigenvalue weighted by molar-refractivity contribution is -0.143. The van der Waals surface area contributed by atoms with Gasteiger partial charge in [-0.05, 0) is 44.4 Å². The largest absolute Gasteiger partial charge is 0.468 e. The fraction of sp³-hybridized carbons (Fsp3) is 0.353. The highest BCUT2D eigenvalue weighted by Gasteiger charge is 2.35. The van der Waals surface area contributed by atoms with E-state index in [4.69, 9.17) is 9.15 Å². The van der Waals surface area contributed by atoms with Gasteiger partial charge in [-0.15, -0.1) is 11.8 Å². The van der Waals surface area contributed by atoms with Crippen LogP contribution in [-0.4, -0.2) is 32.5 Å². The first-order chi connectivity index (χ1) is 11.9. The van der Waals surface area contributed by atoms with Crippen LogP contribution in [0.15, 0.2) is 52.0 Å². The molecule has 0 aliphatic rings. The first-order valence-electron chi connectivity index (χ1n) is 7.71. The number of sulfonamides is 1. The molecule has 1 aromatic heterocycles. The van der Waals surface area contributed by atoms with E-state index < -0.39 is 27.3 Å². The van der Waals surface area contributed by atoms with Crippen LogP contribution >= 0.6 is 11.8 Å². The van der Waals surface area contributed by atoms with E-state index in [0.29, 0.717) is 5.76 Å². The monoisotopic (exact) mass is 383 g/mol. The molecular formula is C17H21NO5S2. The zero-order valence-electron chi connectivity index (χ0n) is 14.3. The minimum atomic E-state index is -3.84. The highest BCUT2D eigenvalue weighted by Crippen LogP contribution is 2.29. The van der Waals surface area contributed by atoms with Crippen molar-refractivity contribution < 1.29 is 22.4 Å². The van der Waals surface area contributed by atoms with E-state index >= 15 is 0 Å². The molecule has 1 N–H and O–H groups in total. The van der Waals surface area contributed by atoms with Crippen LogP contribution < -0.4 is 4.72 Å². The summed E-state index contributed by atoms with van der Waals surface area (Å²) >= 11 is 1.20. The van der Waals surface area contributed by atoms with Crippen molar-refractivity contribution in [3.05, 3.63) is 54.0 Å². The van der Waals surface area contributed by atoms with Crippen LogP contribution in [0.4, 0.5) is 0 Å². The van der Waals surface area contributed by atoms with Gasteiger partial charge in [-0.25, -0.2) is 8.42 Å². The third-order valence-corrected chi connectivity index (χ3v) is 5.97. The van der Waals surface area contributed by atoms with Crippen LogP contribution in [0.5, 0.6) is 0 Å². The summed E-state index contributed by atoms with van der Waals surface area (Å²) in [5, 5.41) is -0.772. The Morgan fingerprint density at radius 3 is 2.48 bits per heavy atom. The number of carbonyl (C=O) groups excluding carboxylic acids is 1. The van der Waals surface area contributed by atoms with Crippen molar-refractivity contribution in [3.8, 4) is 0 Å². The lowest BCUT2D eigenvalue weighted by Gasteiger charge is -2.23. The minimum absolute atomic E-state index is 0.123. The first-order valence-corrected chi connectivity index (χ1v) is 10.5. The Balaban J connectivity index is 2.36. The van der Waals surface area contributed by atoms with Gasteiger partial charge in [-0.2, -0.15) is 4.72 Å². The summed E-state index contributed by atoms with van der Waals surface area (Å²) in [4.78, 5) is 12.4. The highest BCUT2D eigenvalue weighted by molar-refractivity contribution is 8.00. The van der Waals surface area contributed by atoms with Crippen molar-refractivity contribution in [3.63, 3.8) is 0 Å². The van der Waals surface area contributed by atoms with Gasteiger partial charge < -0.3 is 9.15 Å². The van der Waals surface area contributed by atoms with Crippen molar-refractivity contribution >= 4 is 27.8 Å². The number of nitrogens with one attached hydrogen (secondary N) is 1. The quantitative estimate of drug-likeness (QED) is 0.706. The predicted octanol–water partition coefficient (Wildman–Crippen LogP) is 2.90. The van der Waals surface area contributed by atoms with Crippen molar-refractivity contribution in [2.45, 2.75) is 30.0 Å². The van der Waals surface area contributed by atoms with E-state index in [-0.39, 0.29) is 11.5 Å². The number of thioether (sulfide) groups is 1. The zero-order chi connectivity index (χ0) is 18.4. The first kappa shape index (κ1) is 19.6. The van der Waals surface area contributed by atoms with E-state index in [1.165, 1.54) is 30.2 Å². The summed E-state index contributed by atoms with van der Waals surface area (Å²) in [6.45, 7) is 3.79. The van der Waals surface area contributed by atoms with Crippen LogP contribution in [0.3, 0.4) is 0 Å². The number of benzene rings is 1. The zero-order valence-corrected chi connectivity index (χ0v) is 15.9. The van der Waals surface area contributed by atoms with E-state index in [1.807, 2.05) is 6.92 Å². The average molecular weight is 383 g/mol. The van der Waals surface area contributed by atoms with E-state index in [0.717, 1.165) is 5.56 Å². The lowest BCUT2D eigenvalue weighted by Crippen LogP contribution is -2.39. The third-order valence-electron chi connectivity index (χ3n) is 3.54. The highest BCUT2D eigenvalue weighted by atomic mass is 32.2. The molecule has 0 aliphatic carbocycles. The van der Waals surface area contributed by atoms with Crippen molar-refractivity contribution in [2.24, 2.45) is 0 Å². The summed E-state index contributed by atoms with van der Waals surface area (Å²) in [6, 6.07) is 8.87. The second-order valence-corrected chi connectivity index (χ2v) is 8.03. The molecule has 8 heteroatoms. The number of hydrogen-bond acceptors (Lipinski definition) is 6. The molecule has 0 unspecified atom stereocenters. The number of ether oxygens (including phenoxy) is 1. The van der Waals surface area contributed by atoms with Crippen LogP contribution in [0, 0.1) is 6.92 Å². The molecule has 2 aromatic rings. The fourth-order valence-electron chi connectivity index (χ4n) is 2.28. The molecule has 1 aromatic carbocycles. The van der Waals surface area contributed by atoms with Gasteiger partial charge in [-0.3, -0.25) is 4.79 Å². The summed E-state index contributed by atoms with van der Waals surface area (Å²) in [6.07, 6.45) is 3.16. The topological polar surface area (TPSA) is 85.6 Å². The maximum Gasteiger partial charge on any atom is 0.321 e. The molecule has 25 heavy (non-hydrogen) atoms. The van der Waals surface area contributed by atoms with Crippen LogP contribution in [0.1, 0.15) is 24.3 Å². The summed E-state index contributed by atoms with van der Waals surface area (Å²) in [7, 11) is -3.84. The molecule has 0 radical (unpaired) electrons. The number of rotatable bonds is 8. The third kappa shape index (κ3) is 4.87. The number of furan rings is 1. The molecule has 2 atom stereocenters. The number of aryl methyl sites for hydroxylation is 1. The molecule has 0 bridgehead atoms. The number of hydrogen-bond donors (Lipinski definition) is 1. The summed E-state index contributed by atoms with van der Waals surface area (Å²) in [5.41, 5.74) is 0.954. The SMILES string of the molecule is CCOC(=O)[C@@H](SC)[C@H](NS(=O)(=O)c1ccc(C)cc1)c1ccco1. The van der Waals surface area contributed by atoms with Gasteiger partial charge in [-0.1, -0.05) is 17.7 Å². The molecular weight excluding hydrogens is 362 g/mol. The molecule has 1 heterocycles. The van der Waals surface area contributed by atoms with Gasteiger partial charge in [0.15, 0.2) is 0 Å². The Morgan fingerprint density at radius 1 is 1.28 bits per heavy atom. The van der Waals surface area contributed by atoms with E-state index in [2.05, 4.69) is 4.72 Å². The van der Waals surface area contributed by atoms with Crippen molar-refractivity contribution in [1.82, 2.24) is 4.72 Å². The second-order valence-electron chi connectivity index (χ2n) is 5.34. The summed E-state index contributed by atoms with van der Waals surface area (Å²) in [5.74, 6) is -0.147. The van der Waals surface area contributed by atoms with E-state index in [1.54, 1.807) is 37.4 Å². The van der Waals surface area contributed by atoms with Crippen molar-refractivity contribution in [2.75, 3.05) is 12.9 Å². The molecule has 0 amide bonds. The molecule has 0 aliphatic heterocycles. The summed E-state index contributed by atoms with van der Waals surface area (Å²) < 4.78 is 38.5.